The van der Waals surface area contributed by atoms with Gasteiger partial charge in [-0.25, -0.2) is 5.43 Å². The number of para-hydroxylation sites is 1. The van der Waals surface area contributed by atoms with Gasteiger partial charge in [0.05, 0.1) is 10.2 Å². The zero-order valence-corrected chi connectivity index (χ0v) is 15.5. The number of hydrogen-bond acceptors (Lipinski definition) is 3. The number of anilines is 1. The molecule has 0 spiro atoms. The highest BCUT2D eigenvalue weighted by Gasteiger charge is 2.15. The largest absolute Gasteiger partial charge is 0.369 e. The van der Waals surface area contributed by atoms with Crippen molar-refractivity contribution in [2.45, 2.75) is 6.92 Å². The van der Waals surface area contributed by atoms with Gasteiger partial charge in [-0.1, -0.05) is 30.3 Å². The molecule has 6 N–H and O–H groups in total. The van der Waals surface area contributed by atoms with Gasteiger partial charge in [0.15, 0.2) is 0 Å². The molecule has 0 aliphatic carbocycles. The Morgan fingerprint density at radius 1 is 1.19 bits per heavy atom. The number of H-pyrrole nitrogens is 1. The van der Waals surface area contributed by atoms with Crippen molar-refractivity contribution in [3.63, 3.8) is 0 Å². The fourth-order valence-corrected chi connectivity index (χ4v) is 3.09. The third-order valence-electron chi connectivity index (χ3n) is 3.77. The Morgan fingerprint density at radius 3 is 2.54 bits per heavy atom. The second-order valence-electron chi connectivity index (χ2n) is 5.61. The van der Waals surface area contributed by atoms with E-state index in [1.165, 1.54) is 0 Å². The lowest BCUT2D eigenvalue weighted by molar-refractivity contribution is 0.102. The van der Waals surface area contributed by atoms with Gasteiger partial charge < -0.3 is 16.0 Å². The van der Waals surface area contributed by atoms with Crippen LogP contribution in [0.2, 0.25) is 0 Å². The lowest BCUT2D eigenvalue weighted by Crippen LogP contribution is -2.26. The SMILES string of the molecule is C/C(=N/NC(=N)N)c1ccc(NC(=O)c2[nH]c3ccccc3c2Br)cc1. The molecule has 7 nitrogen and oxygen atoms in total. The zero-order chi connectivity index (χ0) is 18.7. The summed E-state index contributed by atoms with van der Waals surface area (Å²) in [5.41, 5.74) is 11.2. The molecule has 3 rings (SSSR count). The summed E-state index contributed by atoms with van der Waals surface area (Å²) in [4.78, 5) is 15.7. The van der Waals surface area contributed by atoms with Gasteiger partial charge in [0.2, 0.25) is 5.96 Å². The third kappa shape index (κ3) is 3.75. The molecule has 0 unspecified atom stereocenters. The van der Waals surface area contributed by atoms with Crippen LogP contribution in [0.3, 0.4) is 0 Å². The Morgan fingerprint density at radius 2 is 1.88 bits per heavy atom. The van der Waals surface area contributed by atoms with Gasteiger partial charge in [-0.2, -0.15) is 5.10 Å². The van der Waals surface area contributed by atoms with Crippen LogP contribution in [0.1, 0.15) is 23.0 Å². The van der Waals surface area contributed by atoms with E-state index in [-0.39, 0.29) is 11.9 Å². The maximum absolute atomic E-state index is 12.6. The maximum atomic E-state index is 12.6. The minimum atomic E-state index is -0.232. The lowest BCUT2D eigenvalue weighted by atomic mass is 10.1. The van der Waals surface area contributed by atoms with Gasteiger partial charge >= 0.3 is 0 Å². The van der Waals surface area contributed by atoms with Crippen LogP contribution < -0.4 is 16.5 Å². The quantitative estimate of drug-likeness (QED) is 0.256. The molecule has 0 fully saturated rings. The standard InChI is InChI=1S/C18H17BrN6O/c1-10(24-25-18(20)21)11-6-8-12(9-7-11)22-17(26)16-15(19)13-4-2-3-5-14(13)23-16/h2-9,23H,1H3,(H,22,26)(H4,20,21,25)/b24-10-. The zero-order valence-electron chi connectivity index (χ0n) is 13.9. The number of nitrogens with two attached hydrogens (primary N) is 1. The number of nitrogens with one attached hydrogen (secondary N) is 4. The predicted octanol–water partition coefficient (Wildman–Crippen LogP) is 3.39. The number of carbonyl (C=O) groups is 1. The Hall–Kier alpha value is -3.13. The van der Waals surface area contributed by atoms with Gasteiger partial charge in [-0.05, 0) is 46.6 Å². The van der Waals surface area contributed by atoms with Crippen molar-refractivity contribution < 1.29 is 4.79 Å². The topological polar surface area (TPSA) is 119 Å². The van der Waals surface area contributed by atoms with E-state index < -0.39 is 0 Å². The highest BCUT2D eigenvalue weighted by atomic mass is 79.9. The number of rotatable bonds is 4. The summed E-state index contributed by atoms with van der Waals surface area (Å²) in [6, 6.07) is 14.9. The summed E-state index contributed by atoms with van der Waals surface area (Å²) in [6.45, 7) is 1.80. The first kappa shape index (κ1) is 17.7. The molecule has 0 bridgehead atoms. The molecule has 1 amide bonds. The van der Waals surface area contributed by atoms with Crippen molar-refractivity contribution in [2.24, 2.45) is 10.8 Å². The number of guanidine groups is 1. The summed E-state index contributed by atoms with van der Waals surface area (Å²) in [7, 11) is 0. The molecule has 0 aliphatic rings. The third-order valence-corrected chi connectivity index (χ3v) is 4.60. The molecule has 2 aromatic carbocycles. The van der Waals surface area contributed by atoms with Gasteiger partial charge in [0.1, 0.15) is 5.69 Å². The number of aromatic nitrogens is 1. The number of aromatic amines is 1. The fourth-order valence-electron chi connectivity index (χ4n) is 2.46. The number of amides is 1. The molecule has 0 saturated heterocycles. The molecular weight excluding hydrogens is 396 g/mol. The van der Waals surface area contributed by atoms with E-state index in [1.54, 1.807) is 19.1 Å². The Balaban J connectivity index is 1.76. The van der Waals surface area contributed by atoms with Crippen LogP contribution in [-0.2, 0) is 0 Å². The Kier molecular flexibility index (Phi) is 5.04. The van der Waals surface area contributed by atoms with Crippen molar-refractivity contribution >= 4 is 50.1 Å². The smallest absolute Gasteiger partial charge is 0.273 e. The van der Waals surface area contributed by atoms with Gasteiger partial charge in [0.25, 0.3) is 5.91 Å². The van der Waals surface area contributed by atoms with Crippen LogP contribution in [0, 0.1) is 5.41 Å². The summed E-state index contributed by atoms with van der Waals surface area (Å²) in [5.74, 6) is -0.457. The van der Waals surface area contributed by atoms with Crippen LogP contribution >= 0.6 is 15.9 Å². The summed E-state index contributed by atoms with van der Waals surface area (Å²) in [6.07, 6.45) is 0. The molecule has 132 valence electrons. The predicted molar refractivity (Wildman–Crippen MR) is 108 cm³/mol. The number of carbonyl (C=O) groups excluding carboxylic acids is 1. The Bertz CT molecular complexity index is 1010. The highest BCUT2D eigenvalue weighted by molar-refractivity contribution is 9.10. The molecule has 1 aromatic heterocycles. The van der Waals surface area contributed by atoms with Crippen molar-refractivity contribution in [1.82, 2.24) is 10.4 Å². The summed E-state index contributed by atoms with van der Waals surface area (Å²) in [5, 5.41) is 14.9. The van der Waals surface area contributed by atoms with E-state index in [9.17, 15) is 4.79 Å². The van der Waals surface area contributed by atoms with E-state index >= 15 is 0 Å². The highest BCUT2D eigenvalue weighted by Crippen LogP contribution is 2.28. The second-order valence-corrected chi connectivity index (χ2v) is 6.41. The second kappa shape index (κ2) is 7.40. The van der Waals surface area contributed by atoms with Gasteiger partial charge in [-0.3, -0.25) is 10.2 Å². The number of halogens is 1. The van der Waals surface area contributed by atoms with Crippen LogP contribution in [0.4, 0.5) is 5.69 Å². The maximum Gasteiger partial charge on any atom is 0.273 e. The minimum absolute atomic E-state index is 0.225. The van der Waals surface area contributed by atoms with Crippen LogP contribution in [0.5, 0.6) is 0 Å². The number of fused-ring (bicyclic) bond motifs is 1. The first-order valence-electron chi connectivity index (χ1n) is 7.78. The molecule has 0 aliphatic heterocycles. The van der Waals surface area contributed by atoms with E-state index in [0.717, 1.165) is 20.9 Å². The first-order valence-corrected chi connectivity index (χ1v) is 8.57. The fraction of sp³-hybridized carbons (Fsp3) is 0.0556. The molecule has 0 saturated carbocycles. The molecule has 1 heterocycles. The van der Waals surface area contributed by atoms with E-state index in [2.05, 4.69) is 36.8 Å². The van der Waals surface area contributed by atoms with Crippen molar-refractivity contribution in [2.75, 3.05) is 5.32 Å². The van der Waals surface area contributed by atoms with Gasteiger partial charge in [0, 0.05) is 16.6 Å². The minimum Gasteiger partial charge on any atom is -0.369 e. The molecule has 26 heavy (non-hydrogen) atoms. The molecular formula is C18H17BrN6O. The van der Waals surface area contributed by atoms with Crippen molar-refractivity contribution in [3.8, 4) is 0 Å². The number of benzene rings is 2. The van der Waals surface area contributed by atoms with Crippen LogP contribution in [0.25, 0.3) is 10.9 Å². The Labute approximate surface area is 158 Å². The molecule has 3 aromatic rings. The number of nitrogens with zero attached hydrogens (tertiary/aromatic N) is 1. The monoisotopic (exact) mass is 412 g/mol. The molecule has 8 heteroatoms. The van der Waals surface area contributed by atoms with Crippen molar-refractivity contribution in [3.05, 3.63) is 64.3 Å². The van der Waals surface area contributed by atoms with E-state index in [0.29, 0.717) is 17.1 Å². The number of hydrogen-bond donors (Lipinski definition) is 5. The van der Waals surface area contributed by atoms with Crippen LogP contribution in [0.15, 0.2) is 58.1 Å². The lowest BCUT2D eigenvalue weighted by Gasteiger charge is -2.06. The summed E-state index contributed by atoms with van der Waals surface area (Å²) >= 11 is 3.48. The normalized spacial score (nSPS) is 11.4. The molecule has 0 atom stereocenters. The first-order chi connectivity index (χ1) is 12.5. The average molecular weight is 413 g/mol. The number of hydrazone groups is 1. The van der Waals surface area contributed by atoms with Crippen LogP contribution in [-0.4, -0.2) is 22.6 Å². The average Bonchev–Trinajstić information content (AvgIpc) is 2.97. The van der Waals surface area contributed by atoms with E-state index in [4.69, 9.17) is 11.1 Å². The van der Waals surface area contributed by atoms with E-state index in [1.807, 2.05) is 36.4 Å². The van der Waals surface area contributed by atoms with Gasteiger partial charge in [-0.15, -0.1) is 0 Å². The summed E-state index contributed by atoms with van der Waals surface area (Å²) < 4.78 is 0.737. The molecule has 0 radical (unpaired) electrons. The van der Waals surface area contributed by atoms with Crippen molar-refractivity contribution in [1.29, 1.82) is 5.41 Å².